The van der Waals surface area contributed by atoms with E-state index in [2.05, 4.69) is 4.84 Å². The molecule has 0 bridgehead atoms. The van der Waals surface area contributed by atoms with E-state index < -0.39 is 23.4 Å². The van der Waals surface area contributed by atoms with Gasteiger partial charge in [-0.1, -0.05) is 0 Å². The summed E-state index contributed by atoms with van der Waals surface area (Å²) in [6.07, 6.45) is -0.297. The fourth-order valence-corrected chi connectivity index (χ4v) is 4.69. The van der Waals surface area contributed by atoms with Crippen LogP contribution in [-0.4, -0.2) is 71.0 Å². The Morgan fingerprint density at radius 2 is 2.08 bits per heavy atom. The molecular weight excluding hydrogens is 330 g/mol. The molecule has 0 spiro atoms. The molecule has 9 heteroatoms. The predicted octanol–water partition coefficient (Wildman–Crippen LogP) is -1.56. The predicted molar refractivity (Wildman–Crippen MR) is 82.1 cm³/mol. The van der Waals surface area contributed by atoms with Crippen LogP contribution in [0.3, 0.4) is 0 Å². The van der Waals surface area contributed by atoms with Gasteiger partial charge in [-0.05, 0) is 14.0 Å². The smallest absolute Gasteiger partial charge is 0.325 e. The summed E-state index contributed by atoms with van der Waals surface area (Å²) in [6.45, 7) is 1.94. The van der Waals surface area contributed by atoms with Crippen LogP contribution in [0.2, 0.25) is 0 Å². The highest BCUT2D eigenvalue weighted by Crippen LogP contribution is 2.58. The molecule has 0 amide bonds. The Morgan fingerprint density at radius 3 is 2.68 bits per heavy atom. The molecule has 1 aliphatic carbocycles. The Labute approximate surface area is 143 Å². The standard InChI is InChI=1S/C16H19N3O6/c1-6-12(21)11-10(13(22)14(6)24-3)7(4-9(20)25-17)16(23)15-8(18(15)2)5-19(11)16/h7-8,15,23H,4-5,17H2,1-3H3/t7-,8+,15+,16-,18?/m1/s1. The summed E-state index contributed by atoms with van der Waals surface area (Å²) in [5, 5.41) is 11.5. The third kappa shape index (κ3) is 1.75. The van der Waals surface area contributed by atoms with E-state index in [0.29, 0.717) is 6.54 Å². The number of carbonyl (C=O) groups is 3. The Balaban J connectivity index is 1.85. The normalized spacial score (nSPS) is 38.7. The SMILES string of the molecule is COC1=C(C)C(=O)C2=C(C1=O)[C@@H](CC(=O)ON)[C@@]1(O)[C@@H]3[C@H](CN21)N3C. The van der Waals surface area contributed by atoms with E-state index in [1.807, 2.05) is 11.9 Å². The van der Waals surface area contributed by atoms with Gasteiger partial charge in [-0.3, -0.25) is 19.3 Å². The van der Waals surface area contributed by atoms with E-state index in [9.17, 15) is 19.5 Å². The van der Waals surface area contributed by atoms with Crippen molar-refractivity contribution in [3.8, 4) is 0 Å². The van der Waals surface area contributed by atoms with Gasteiger partial charge in [-0.2, -0.15) is 5.90 Å². The van der Waals surface area contributed by atoms with Crippen molar-refractivity contribution >= 4 is 17.5 Å². The number of nitrogens with two attached hydrogens (primary N) is 1. The Bertz CT molecular complexity index is 787. The van der Waals surface area contributed by atoms with Crippen molar-refractivity contribution in [1.29, 1.82) is 0 Å². The minimum atomic E-state index is -1.52. The lowest BCUT2D eigenvalue weighted by molar-refractivity contribution is -0.152. The molecular formula is C16H19N3O6. The fraction of sp³-hybridized carbons (Fsp3) is 0.562. The topological polar surface area (TPSA) is 122 Å². The molecule has 0 radical (unpaired) electrons. The first-order valence-electron chi connectivity index (χ1n) is 7.98. The number of Topliss-reactive ketones (excluding diaryl/α,β-unsaturated/α-hetero) is 2. The number of fused-ring (bicyclic) bond motifs is 4. The zero-order valence-corrected chi connectivity index (χ0v) is 14.1. The number of rotatable bonds is 3. The van der Waals surface area contributed by atoms with Crippen molar-refractivity contribution in [2.45, 2.75) is 31.2 Å². The summed E-state index contributed by atoms with van der Waals surface area (Å²) >= 11 is 0. The molecule has 0 saturated carbocycles. The van der Waals surface area contributed by atoms with Crippen molar-refractivity contribution < 1.29 is 29.1 Å². The molecule has 3 N–H and O–H groups in total. The summed E-state index contributed by atoms with van der Waals surface area (Å²) in [5.41, 5.74) is -1.04. The molecule has 2 saturated heterocycles. The van der Waals surface area contributed by atoms with Gasteiger partial charge in [0.25, 0.3) is 0 Å². The number of hydrogen-bond donors (Lipinski definition) is 2. The van der Waals surface area contributed by atoms with E-state index in [4.69, 9.17) is 10.6 Å². The fourth-order valence-electron chi connectivity index (χ4n) is 4.69. The third-order valence-corrected chi connectivity index (χ3v) is 5.91. The molecule has 25 heavy (non-hydrogen) atoms. The van der Waals surface area contributed by atoms with Gasteiger partial charge >= 0.3 is 5.97 Å². The number of piperazine rings is 1. The summed E-state index contributed by atoms with van der Waals surface area (Å²) in [4.78, 5) is 45.4. The van der Waals surface area contributed by atoms with Gasteiger partial charge in [-0.15, -0.1) is 0 Å². The van der Waals surface area contributed by atoms with Gasteiger partial charge in [-0.25, -0.2) is 0 Å². The average Bonchev–Trinajstić information content (AvgIpc) is 3.00. The van der Waals surface area contributed by atoms with Crippen LogP contribution in [0.5, 0.6) is 0 Å². The number of ketones is 2. The number of ether oxygens (including phenoxy) is 1. The summed E-state index contributed by atoms with van der Waals surface area (Å²) in [7, 11) is 3.17. The number of allylic oxidation sites excluding steroid dienone is 2. The van der Waals surface area contributed by atoms with Crippen LogP contribution in [0.1, 0.15) is 13.3 Å². The first-order valence-corrected chi connectivity index (χ1v) is 7.98. The second kappa shape index (κ2) is 4.90. The van der Waals surface area contributed by atoms with E-state index in [0.717, 1.165) is 0 Å². The highest BCUT2D eigenvalue weighted by molar-refractivity contribution is 6.25. The van der Waals surface area contributed by atoms with Crippen molar-refractivity contribution in [2.75, 3.05) is 20.7 Å². The maximum absolute atomic E-state index is 12.9. The second-order valence-corrected chi connectivity index (χ2v) is 6.90. The zero-order chi connectivity index (χ0) is 18.3. The van der Waals surface area contributed by atoms with E-state index in [1.54, 1.807) is 4.90 Å². The molecule has 4 aliphatic rings. The lowest BCUT2D eigenvalue weighted by atomic mass is 9.81. The molecule has 1 unspecified atom stereocenters. The minimum absolute atomic E-state index is 0.0552. The van der Waals surface area contributed by atoms with Crippen molar-refractivity contribution in [2.24, 2.45) is 11.8 Å². The molecule has 9 nitrogen and oxygen atoms in total. The molecule has 3 heterocycles. The minimum Gasteiger partial charge on any atom is -0.492 e. The largest absolute Gasteiger partial charge is 0.492 e. The zero-order valence-electron chi connectivity index (χ0n) is 14.1. The van der Waals surface area contributed by atoms with Gasteiger partial charge in [0.05, 0.1) is 31.2 Å². The summed E-state index contributed by atoms with van der Waals surface area (Å²) in [6, 6.07) is -0.188. The first kappa shape index (κ1) is 16.2. The van der Waals surface area contributed by atoms with E-state index in [1.165, 1.54) is 14.0 Å². The van der Waals surface area contributed by atoms with Crippen LogP contribution in [0.15, 0.2) is 22.6 Å². The highest BCUT2D eigenvalue weighted by atomic mass is 16.7. The molecule has 5 atom stereocenters. The van der Waals surface area contributed by atoms with Gasteiger partial charge in [0.15, 0.2) is 11.5 Å². The molecule has 2 fully saturated rings. The molecule has 3 aliphatic heterocycles. The van der Waals surface area contributed by atoms with Crippen molar-refractivity contribution in [1.82, 2.24) is 9.80 Å². The van der Waals surface area contributed by atoms with Crippen LogP contribution >= 0.6 is 0 Å². The molecule has 0 aromatic carbocycles. The number of likely N-dealkylation sites (N-methyl/N-ethyl adjacent to an activating group) is 1. The van der Waals surface area contributed by atoms with Crippen LogP contribution in [0, 0.1) is 5.92 Å². The number of carbonyl (C=O) groups excluding carboxylic acids is 3. The van der Waals surface area contributed by atoms with Crippen LogP contribution in [0.4, 0.5) is 0 Å². The second-order valence-electron chi connectivity index (χ2n) is 6.90. The summed E-state index contributed by atoms with van der Waals surface area (Å²) < 4.78 is 5.11. The molecule has 4 rings (SSSR count). The number of aliphatic hydroxyl groups is 1. The number of methoxy groups -OCH3 is 1. The average molecular weight is 349 g/mol. The van der Waals surface area contributed by atoms with Crippen LogP contribution < -0.4 is 5.90 Å². The quantitative estimate of drug-likeness (QED) is 0.354. The Morgan fingerprint density at radius 1 is 1.40 bits per heavy atom. The Hall–Kier alpha value is -2.23. The molecule has 134 valence electrons. The first-order chi connectivity index (χ1) is 11.8. The van der Waals surface area contributed by atoms with Gasteiger partial charge in [0.1, 0.15) is 0 Å². The van der Waals surface area contributed by atoms with Crippen LogP contribution in [-0.2, 0) is 24.0 Å². The molecule has 0 aromatic rings. The summed E-state index contributed by atoms with van der Waals surface area (Å²) in [5.74, 6) is 2.38. The third-order valence-electron chi connectivity index (χ3n) is 5.91. The van der Waals surface area contributed by atoms with Gasteiger partial charge in [0.2, 0.25) is 11.6 Å². The lowest BCUT2D eigenvalue weighted by Gasteiger charge is -2.37. The van der Waals surface area contributed by atoms with Crippen LogP contribution in [0.25, 0.3) is 0 Å². The maximum atomic E-state index is 12.9. The van der Waals surface area contributed by atoms with Crippen molar-refractivity contribution in [3.63, 3.8) is 0 Å². The molecule has 0 aromatic heterocycles. The maximum Gasteiger partial charge on any atom is 0.325 e. The highest BCUT2D eigenvalue weighted by Gasteiger charge is 2.74. The monoisotopic (exact) mass is 349 g/mol. The van der Waals surface area contributed by atoms with Gasteiger partial charge in [0, 0.05) is 23.7 Å². The van der Waals surface area contributed by atoms with Gasteiger partial charge < -0.3 is 19.6 Å². The number of hydrogen-bond acceptors (Lipinski definition) is 9. The number of nitrogens with zero attached hydrogens (tertiary/aromatic N) is 2. The Kier molecular flexibility index (Phi) is 3.19. The van der Waals surface area contributed by atoms with E-state index in [-0.39, 0.29) is 46.9 Å². The van der Waals surface area contributed by atoms with E-state index >= 15 is 0 Å². The van der Waals surface area contributed by atoms with Crippen molar-refractivity contribution in [3.05, 3.63) is 22.6 Å². The lowest BCUT2D eigenvalue weighted by Crippen LogP contribution is -2.53.